The molecule has 3 aromatic rings. The van der Waals surface area contributed by atoms with Crippen molar-refractivity contribution in [1.82, 2.24) is 24.6 Å². The molecule has 0 aliphatic carbocycles. The second-order valence-corrected chi connectivity index (χ2v) is 9.06. The summed E-state index contributed by atoms with van der Waals surface area (Å²) in [5.74, 6) is -3.08. The predicted molar refractivity (Wildman–Crippen MR) is 121 cm³/mol. The summed E-state index contributed by atoms with van der Waals surface area (Å²) >= 11 is 1.35. The van der Waals surface area contributed by atoms with Crippen molar-refractivity contribution in [2.24, 2.45) is 0 Å². The van der Waals surface area contributed by atoms with Crippen molar-refractivity contribution in [3.8, 4) is 16.3 Å². The highest BCUT2D eigenvalue weighted by molar-refractivity contribution is 7.13. The minimum Gasteiger partial charge on any atom is -0.337 e. The van der Waals surface area contributed by atoms with Crippen molar-refractivity contribution in [2.75, 3.05) is 26.7 Å². The van der Waals surface area contributed by atoms with Gasteiger partial charge >= 0.3 is 0 Å². The second kappa shape index (κ2) is 9.07. The smallest absolute Gasteiger partial charge is 0.273 e. The fourth-order valence-corrected chi connectivity index (χ4v) is 4.85. The summed E-state index contributed by atoms with van der Waals surface area (Å²) in [6.07, 6.45) is 5.17. The lowest BCUT2D eigenvalue weighted by Gasteiger charge is -2.36. The van der Waals surface area contributed by atoms with Crippen LogP contribution in [0.2, 0.25) is 0 Å². The number of nitrogens with zero attached hydrogens (tertiary/aromatic N) is 5. The molecule has 0 atom stereocenters. The number of alkyl halides is 2. The summed E-state index contributed by atoms with van der Waals surface area (Å²) in [5, 5.41) is 6.65. The molecule has 3 heterocycles. The molecule has 0 spiro atoms. The Balaban J connectivity index is 1.51. The monoisotopic (exact) mass is 459 g/mol. The highest BCUT2D eigenvalue weighted by Crippen LogP contribution is 2.33. The molecule has 1 aromatic carbocycles. The van der Waals surface area contributed by atoms with E-state index in [0.29, 0.717) is 22.0 Å². The average molecular weight is 460 g/mol. The zero-order chi connectivity index (χ0) is 22.9. The van der Waals surface area contributed by atoms with Crippen LogP contribution in [0, 0.1) is 0 Å². The van der Waals surface area contributed by atoms with Gasteiger partial charge in [0.25, 0.3) is 11.8 Å². The first-order valence-electron chi connectivity index (χ1n) is 10.8. The van der Waals surface area contributed by atoms with Crippen LogP contribution in [0.4, 0.5) is 8.78 Å². The van der Waals surface area contributed by atoms with Gasteiger partial charge in [0.2, 0.25) is 0 Å². The fraction of sp³-hybridized carbons (Fsp3) is 0.435. The summed E-state index contributed by atoms with van der Waals surface area (Å²) in [6.45, 7) is 6.06. The van der Waals surface area contributed by atoms with Crippen molar-refractivity contribution in [1.29, 1.82) is 0 Å². The summed E-state index contributed by atoms with van der Waals surface area (Å²) in [5.41, 5.74) is 1.30. The number of amides is 1. The maximum Gasteiger partial charge on any atom is 0.273 e. The predicted octanol–water partition coefficient (Wildman–Crippen LogP) is 4.66. The highest BCUT2D eigenvalue weighted by atomic mass is 32.1. The number of rotatable bonds is 6. The lowest BCUT2D eigenvalue weighted by Crippen LogP contribution is -2.45. The number of carbonyl (C=O) groups excluding carboxylic acids is 1. The van der Waals surface area contributed by atoms with Gasteiger partial charge in [-0.2, -0.15) is 5.10 Å². The van der Waals surface area contributed by atoms with E-state index in [1.165, 1.54) is 22.1 Å². The maximum atomic E-state index is 14.0. The SMILES string of the molecule is CCN1CCC(N(C)C(=O)c2csc(-c3cnn(-c4ccccc4C(C)(F)F)c3)n2)CC1. The van der Waals surface area contributed by atoms with Crippen LogP contribution >= 0.6 is 11.3 Å². The first kappa shape index (κ1) is 22.5. The molecule has 1 saturated heterocycles. The molecular weight excluding hydrogens is 432 g/mol. The molecule has 0 saturated carbocycles. The van der Waals surface area contributed by atoms with Crippen LogP contribution in [0.5, 0.6) is 0 Å². The van der Waals surface area contributed by atoms with Crippen molar-refractivity contribution in [2.45, 2.75) is 38.7 Å². The Morgan fingerprint density at radius 3 is 2.69 bits per heavy atom. The third-order valence-electron chi connectivity index (χ3n) is 6.05. The first-order valence-corrected chi connectivity index (χ1v) is 11.6. The molecule has 4 rings (SSSR count). The van der Waals surface area contributed by atoms with Crippen molar-refractivity contribution in [3.63, 3.8) is 0 Å². The zero-order valence-electron chi connectivity index (χ0n) is 18.5. The van der Waals surface area contributed by atoms with Crippen LogP contribution in [0.15, 0.2) is 42.0 Å². The molecule has 1 aliphatic rings. The second-order valence-electron chi connectivity index (χ2n) is 8.20. The number of carbonyl (C=O) groups is 1. The Bertz CT molecular complexity index is 1080. The van der Waals surface area contributed by atoms with E-state index in [1.807, 2.05) is 7.05 Å². The molecule has 2 aromatic heterocycles. The molecule has 0 radical (unpaired) electrons. The van der Waals surface area contributed by atoms with E-state index in [4.69, 9.17) is 0 Å². The number of halogens is 2. The Kier molecular flexibility index (Phi) is 6.39. The average Bonchev–Trinajstić information content (AvgIpc) is 3.47. The molecule has 1 aliphatic heterocycles. The van der Waals surface area contributed by atoms with Gasteiger partial charge in [-0.25, -0.2) is 18.4 Å². The van der Waals surface area contributed by atoms with E-state index in [2.05, 4.69) is 21.9 Å². The van der Waals surface area contributed by atoms with Crippen LogP contribution in [0.1, 0.15) is 42.7 Å². The number of likely N-dealkylation sites (tertiary alicyclic amines) is 1. The minimum atomic E-state index is -2.98. The number of benzene rings is 1. The van der Waals surface area contributed by atoms with Crippen LogP contribution < -0.4 is 0 Å². The van der Waals surface area contributed by atoms with Gasteiger partial charge in [0.15, 0.2) is 0 Å². The van der Waals surface area contributed by atoms with Gasteiger partial charge < -0.3 is 9.80 Å². The topological polar surface area (TPSA) is 54.3 Å². The molecule has 6 nitrogen and oxygen atoms in total. The maximum absolute atomic E-state index is 14.0. The Morgan fingerprint density at radius 2 is 2.00 bits per heavy atom. The molecule has 32 heavy (non-hydrogen) atoms. The largest absolute Gasteiger partial charge is 0.337 e. The van der Waals surface area contributed by atoms with Gasteiger partial charge in [0.1, 0.15) is 10.7 Å². The number of aromatic nitrogens is 3. The number of hydrogen-bond acceptors (Lipinski definition) is 5. The lowest BCUT2D eigenvalue weighted by molar-refractivity contribution is 0.0173. The van der Waals surface area contributed by atoms with Gasteiger partial charge in [-0.05, 0) is 25.5 Å². The van der Waals surface area contributed by atoms with Gasteiger partial charge in [-0.3, -0.25) is 4.79 Å². The molecule has 0 N–H and O–H groups in total. The van der Waals surface area contributed by atoms with Gasteiger partial charge in [0.05, 0.1) is 11.9 Å². The van der Waals surface area contributed by atoms with E-state index in [0.717, 1.165) is 39.4 Å². The van der Waals surface area contributed by atoms with Crippen molar-refractivity contribution in [3.05, 3.63) is 53.3 Å². The lowest BCUT2D eigenvalue weighted by atomic mass is 10.0. The van der Waals surface area contributed by atoms with E-state index >= 15 is 0 Å². The van der Waals surface area contributed by atoms with E-state index in [1.54, 1.807) is 40.9 Å². The third-order valence-corrected chi connectivity index (χ3v) is 6.94. The highest BCUT2D eigenvalue weighted by Gasteiger charge is 2.29. The molecule has 9 heteroatoms. The number of para-hydroxylation sites is 1. The molecule has 1 amide bonds. The quantitative estimate of drug-likeness (QED) is 0.538. The number of piperidine rings is 1. The normalized spacial score (nSPS) is 15.8. The Hall–Kier alpha value is -2.65. The van der Waals surface area contributed by atoms with Crippen LogP contribution in [-0.2, 0) is 5.92 Å². The van der Waals surface area contributed by atoms with Gasteiger partial charge in [-0.1, -0.05) is 25.1 Å². The van der Waals surface area contributed by atoms with E-state index < -0.39 is 5.92 Å². The standard InChI is InChI=1S/C23H27F2N5OS/c1-4-29-11-9-17(10-12-29)28(3)22(31)19-15-32-21(27-19)16-13-26-30(14-16)20-8-6-5-7-18(20)23(2,24)25/h5-8,13-15,17H,4,9-12H2,1-3H3. The third kappa shape index (κ3) is 4.59. The summed E-state index contributed by atoms with van der Waals surface area (Å²) in [4.78, 5) is 21.7. The molecular formula is C23H27F2N5OS. The van der Waals surface area contributed by atoms with Crippen LogP contribution in [-0.4, -0.2) is 63.2 Å². The molecule has 1 fully saturated rings. The van der Waals surface area contributed by atoms with Crippen molar-refractivity contribution < 1.29 is 13.6 Å². The van der Waals surface area contributed by atoms with Crippen LogP contribution in [0.25, 0.3) is 16.3 Å². The molecule has 0 unspecified atom stereocenters. The van der Waals surface area contributed by atoms with E-state index in [9.17, 15) is 13.6 Å². The zero-order valence-corrected chi connectivity index (χ0v) is 19.3. The van der Waals surface area contributed by atoms with Crippen LogP contribution in [0.3, 0.4) is 0 Å². The summed E-state index contributed by atoms with van der Waals surface area (Å²) < 4.78 is 29.4. The fourth-order valence-electron chi connectivity index (χ4n) is 4.08. The Labute approximate surface area is 190 Å². The minimum absolute atomic E-state index is 0.0918. The number of hydrogen-bond donors (Lipinski definition) is 0. The van der Waals surface area contributed by atoms with Gasteiger partial charge in [0, 0.05) is 55.8 Å². The van der Waals surface area contributed by atoms with Crippen molar-refractivity contribution >= 4 is 17.2 Å². The van der Waals surface area contributed by atoms with E-state index in [-0.39, 0.29) is 17.5 Å². The Morgan fingerprint density at radius 1 is 1.28 bits per heavy atom. The summed E-state index contributed by atoms with van der Waals surface area (Å²) in [7, 11) is 1.84. The molecule has 170 valence electrons. The molecule has 0 bridgehead atoms. The first-order chi connectivity index (χ1) is 15.3. The summed E-state index contributed by atoms with van der Waals surface area (Å²) in [6, 6.07) is 6.51. The van der Waals surface area contributed by atoms with Gasteiger partial charge in [-0.15, -0.1) is 11.3 Å². The number of thiazole rings is 1.